The van der Waals surface area contributed by atoms with Gasteiger partial charge in [0.15, 0.2) is 6.29 Å². The third-order valence-corrected chi connectivity index (χ3v) is 2.70. The molecule has 0 heterocycles. The van der Waals surface area contributed by atoms with Crippen LogP contribution in [0.4, 0.5) is 0 Å². The van der Waals surface area contributed by atoms with Crippen LogP contribution >= 0.6 is 0 Å². The fourth-order valence-electron chi connectivity index (χ4n) is 1.27. The molecule has 0 spiro atoms. The minimum absolute atomic E-state index is 0.539. The molecule has 80 valence electrons. The van der Waals surface area contributed by atoms with Gasteiger partial charge in [0.2, 0.25) is 0 Å². The molecule has 2 nitrogen and oxygen atoms in total. The Balaban J connectivity index is 3.57. The van der Waals surface area contributed by atoms with Crippen LogP contribution in [0.5, 0.6) is 0 Å². The summed E-state index contributed by atoms with van der Waals surface area (Å²) in [7, 11) is 0. The van der Waals surface area contributed by atoms with Crippen LogP contribution in [-0.4, -0.2) is 18.0 Å². The van der Waals surface area contributed by atoms with Crippen molar-refractivity contribution in [1.29, 1.82) is 0 Å². The number of rotatable bonds is 7. The van der Waals surface area contributed by atoms with Gasteiger partial charge in [0.1, 0.15) is 0 Å². The topological polar surface area (TPSA) is 29.5 Å². The molecule has 0 saturated carbocycles. The molecule has 0 saturated heterocycles. The Hall–Kier alpha value is -0.0800. The Morgan fingerprint density at radius 2 is 1.77 bits per heavy atom. The highest BCUT2D eigenvalue weighted by atomic mass is 16.6. The number of hydrogen-bond acceptors (Lipinski definition) is 2. The average Bonchev–Trinajstić information content (AvgIpc) is 2.13. The first-order valence-electron chi connectivity index (χ1n) is 5.41. The predicted octanol–water partition coefficient (Wildman–Crippen LogP) is 2.80. The molecule has 0 bridgehead atoms. The summed E-state index contributed by atoms with van der Waals surface area (Å²) in [5.41, 5.74) is 0. The van der Waals surface area contributed by atoms with Crippen LogP contribution in [0, 0.1) is 11.8 Å². The van der Waals surface area contributed by atoms with Crippen molar-refractivity contribution in [3.05, 3.63) is 0 Å². The Morgan fingerprint density at radius 1 is 1.15 bits per heavy atom. The van der Waals surface area contributed by atoms with Gasteiger partial charge in [0, 0.05) is 13.0 Å². The number of hydrogen-bond donors (Lipinski definition) is 1. The van der Waals surface area contributed by atoms with Gasteiger partial charge in [-0.3, -0.25) is 0 Å². The Labute approximate surface area is 82.3 Å². The largest absolute Gasteiger partial charge is 0.368 e. The fourth-order valence-corrected chi connectivity index (χ4v) is 1.27. The molecule has 0 amide bonds. The molecule has 0 aliphatic carbocycles. The fraction of sp³-hybridized carbons (Fsp3) is 1.00. The molecule has 13 heavy (non-hydrogen) atoms. The number of ether oxygens (including phenoxy) is 1. The van der Waals surface area contributed by atoms with Gasteiger partial charge in [-0.1, -0.05) is 34.1 Å². The van der Waals surface area contributed by atoms with E-state index in [1.54, 1.807) is 0 Å². The summed E-state index contributed by atoms with van der Waals surface area (Å²) in [5, 5.41) is 9.47. The number of aliphatic hydroxyl groups excluding tert-OH is 1. The van der Waals surface area contributed by atoms with Gasteiger partial charge in [-0.25, -0.2) is 0 Å². The van der Waals surface area contributed by atoms with E-state index in [2.05, 4.69) is 20.8 Å². The summed E-state index contributed by atoms with van der Waals surface area (Å²) in [6.07, 6.45) is 2.33. The van der Waals surface area contributed by atoms with Crippen LogP contribution in [0.15, 0.2) is 0 Å². The van der Waals surface area contributed by atoms with Gasteiger partial charge in [-0.05, 0) is 18.3 Å². The standard InChI is InChI=1S/C11H24O2/c1-5-7-13-11(12)8-10(4)9(3)6-2/h9-12H,5-8H2,1-4H3/t9?,10-,11?/m0/s1. The van der Waals surface area contributed by atoms with E-state index >= 15 is 0 Å². The van der Waals surface area contributed by atoms with Crippen molar-refractivity contribution >= 4 is 0 Å². The minimum atomic E-state index is -0.566. The zero-order valence-corrected chi connectivity index (χ0v) is 9.42. The van der Waals surface area contributed by atoms with E-state index in [0.29, 0.717) is 18.4 Å². The number of aliphatic hydroxyl groups is 1. The van der Waals surface area contributed by atoms with Gasteiger partial charge < -0.3 is 9.84 Å². The molecule has 2 unspecified atom stereocenters. The van der Waals surface area contributed by atoms with Gasteiger partial charge in [0.25, 0.3) is 0 Å². The maximum Gasteiger partial charge on any atom is 0.154 e. The van der Waals surface area contributed by atoms with Crippen molar-refractivity contribution in [2.24, 2.45) is 11.8 Å². The Morgan fingerprint density at radius 3 is 2.23 bits per heavy atom. The average molecular weight is 188 g/mol. The summed E-state index contributed by atoms with van der Waals surface area (Å²) in [6, 6.07) is 0. The molecule has 1 N–H and O–H groups in total. The van der Waals surface area contributed by atoms with Crippen molar-refractivity contribution in [1.82, 2.24) is 0 Å². The lowest BCUT2D eigenvalue weighted by Gasteiger charge is -2.21. The third kappa shape index (κ3) is 6.05. The van der Waals surface area contributed by atoms with Crippen LogP contribution in [-0.2, 0) is 4.74 Å². The second-order valence-electron chi connectivity index (χ2n) is 3.92. The molecule has 0 radical (unpaired) electrons. The predicted molar refractivity (Wildman–Crippen MR) is 55.5 cm³/mol. The van der Waals surface area contributed by atoms with E-state index in [-0.39, 0.29) is 0 Å². The molecular formula is C11H24O2. The second-order valence-corrected chi connectivity index (χ2v) is 3.92. The Kier molecular flexibility index (Phi) is 7.29. The zero-order valence-electron chi connectivity index (χ0n) is 9.42. The van der Waals surface area contributed by atoms with E-state index in [0.717, 1.165) is 12.8 Å². The first-order valence-corrected chi connectivity index (χ1v) is 5.41. The molecule has 0 aliphatic heterocycles. The van der Waals surface area contributed by atoms with Gasteiger partial charge in [-0.2, -0.15) is 0 Å². The summed E-state index contributed by atoms with van der Waals surface area (Å²) in [6.45, 7) is 9.28. The molecular weight excluding hydrogens is 164 g/mol. The smallest absolute Gasteiger partial charge is 0.154 e. The molecule has 3 atom stereocenters. The van der Waals surface area contributed by atoms with Crippen LogP contribution in [0.1, 0.15) is 47.0 Å². The lowest BCUT2D eigenvalue weighted by Crippen LogP contribution is -2.19. The maximum absolute atomic E-state index is 9.47. The lowest BCUT2D eigenvalue weighted by atomic mass is 9.91. The monoisotopic (exact) mass is 188 g/mol. The van der Waals surface area contributed by atoms with Crippen LogP contribution in [0.25, 0.3) is 0 Å². The lowest BCUT2D eigenvalue weighted by molar-refractivity contribution is -0.112. The third-order valence-electron chi connectivity index (χ3n) is 2.70. The van der Waals surface area contributed by atoms with E-state index in [1.165, 1.54) is 6.42 Å². The Bertz CT molecular complexity index is 115. The molecule has 0 fully saturated rings. The normalized spacial score (nSPS) is 18.2. The van der Waals surface area contributed by atoms with Gasteiger partial charge >= 0.3 is 0 Å². The van der Waals surface area contributed by atoms with Gasteiger partial charge in [-0.15, -0.1) is 0 Å². The molecule has 0 aromatic carbocycles. The summed E-state index contributed by atoms with van der Waals surface area (Å²) in [5.74, 6) is 1.21. The molecule has 0 aliphatic rings. The molecule has 0 rings (SSSR count). The second kappa shape index (κ2) is 7.34. The van der Waals surface area contributed by atoms with Crippen molar-refractivity contribution in [3.63, 3.8) is 0 Å². The zero-order chi connectivity index (χ0) is 10.3. The summed E-state index contributed by atoms with van der Waals surface area (Å²) >= 11 is 0. The SMILES string of the molecule is CCCOC(O)C[C@H](C)C(C)CC. The maximum atomic E-state index is 9.47. The van der Waals surface area contributed by atoms with E-state index in [1.807, 2.05) is 6.92 Å². The summed E-state index contributed by atoms with van der Waals surface area (Å²) in [4.78, 5) is 0. The first kappa shape index (κ1) is 12.9. The van der Waals surface area contributed by atoms with Crippen molar-refractivity contribution in [3.8, 4) is 0 Å². The van der Waals surface area contributed by atoms with Crippen LogP contribution in [0.2, 0.25) is 0 Å². The highest BCUT2D eigenvalue weighted by Gasteiger charge is 2.15. The molecule has 0 aromatic heterocycles. The van der Waals surface area contributed by atoms with Crippen LogP contribution < -0.4 is 0 Å². The minimum Gasteiger partial charge on any atom is -0.368 e. The van der Waals surface area contributed by atoms with E-state index in [4.69, 9.17) is 4.74 Å². The van der Waals surface area contributed by atoms with Crippen molar-refractivity contribution in [2.75, 3.05) is 6.61 Å². The molecule has 0 aromatic rings. The molecule has 2 heteroatoms. The van der Waals surface area contributed by atoms with Crippen molar-refractivity contribution < 1.29 is 9.84 Å². The van der Waals surface area contributed by atoms with E-state index < -0.39 is 6.29 Å². The first-order chi connectivity index (χ1) is 6.11. The van der Waals surface area contributed by atoms with E-state index in [9.17, 15) is 5.11 Å². The summed E-state index contributed by atoms with van der Waals surface area (Å²) < 4.78 is 5.21. The quantitative estimate of drug-likeness (QED) is 0.622. The van der Waals surface area contributed by atoms with Crippen molar-refractivity contribution in [2.45, 2.75) is 53.2 Å². The highest BCUT2D eigenvalue weighted by Crippen LogP contribution is 2.19. The highest BCUT2D eigenvalue weighted by molar-refractivity contribution is 4.61. The van der Waals surface area contributed by atoms with Gasteiger partial charge in [0.05, 0.1) is 0 Å². The van der Waals surface area contributed by atoms with Crippen LogP contribution in [0.3, 0.4) is 0 Å².